The molecule has 0 spiro atoms. The molecule has 0 bridgehead atoms. The largest absolute Gasteiger partial charge is 0.368 e. The lowest BCUT2D eigenvalue weighted by atomic mass is 10.3. The molecule has 1 rings (SSSR count). The first-order valence-corrected chi connectivity index (χ1v) is 5.29. The molecule has 0 aliphatic rings. The van der Waals surface area contributed by atoms with Gasteiger partial charge in [0.15, 0.2) is 0 Å². The number of carbonyl (C=O) groups excluding carboxylic acids is 1. The summed E-state index contributed by atoms with van der Waals surface area (Å²) in [6.45, 7) is 1.66. The van der Waals surface area contributed by atoms with E-state index in [2.05, 4.69) is 15.3 Å². The summed E-state index contributed by atoms with van der Waals surface area (Å²) in [6, 6.07) is 1.33. The summed E-state index contributed by atoms with van der Waals surface area (Å²) in [4.78, 5) is 18.9. The number of primary amides is 1. The maximum atomic E-state index is 10.8. The summed E-state index contributed by atoms with van der Waals surface area (Å²) in [5.74, 6) is -0.00805. The van der Waals surface area contributed by atoms with Gasteiger partial charge in [0.2, 0.25) is 11.9 Å². The number of anilines is 1. The zero-order valence-corrected chi connectivity index (χ0v) is 8.84. The average Bonchev–Trinajstić information content (AvgIpc) is 2.18. The summed E-state index contributed by atoms with van der Waals surface area (Å²) >= 11 is 1.51. The third kappa shape index (κ3) is 2.88. The Labute approximate surface area is 86.5 Å². The molecule has 0 saturated heterocycles. The molecule has 0 aliphatic heterocycles. The number of carbonyl (C=O) groups is 1. The van der Waals surface area contributed by atoms with Gasteiger partial charge in [0.05, 0.1) is 0 Å². The number of hydrogen-bond acceptors (Lipinski definition) is 5. The minimum atomic E-state index is -0.466. The molecule has 1 heterocycles. The topological polar surface area (TPSA) is 80.9 Å². The lowest BCUT2D eigenvalue weighted by Gasteiger charge is -2.09. The molecule has 1 amide bonds. The van der Waals surface area contributed by atoms with Crippen LogP contribution in [0, 0.1) is 0 Å². The molecule has 5 nitrogen and oxygen atoms in total. The number of aromatic nitrogens is 2. The molecule has 0 fully saturated rings. The Kier molecular flexibility index (Phi) is 3.70. The van der Waals surface area contributed by atoms with Crippen molar-refractivity contribution in [1.82, 2.24) is 9.97 Å². The molecule has 6 heteroatoms. The highest BCUT2D eigenvalue weighted by Gasteiger charge is 2.09. The number of nitrogens with one attached hydrogen (secondary N) is 1. The van der Waals surface area contributed by atoms with E-state index in [1.54, 1.807) is 19.2 Å². The predicted molar refractivity (Wildman–Crippen MR) is 56.1 cm³/mol. The number of amides is 1. The molecular formula is C8H12N4OS. The zero-order valence-electron chi connectivity index (χ0n) is 8.02. The van der Waals surface area contributed by atoms with Gasteiger partial charge in [-0.05, 0) is 19.2 Å². The Hall–Kier alpha value is -1.30. The van der Waals surface area contributed by atoms with Gasteiger partial charge in [0.25, 0.3) is 0 Å². The Morgan fingerprint density at radius 3 is 3.00 bits per heavy atom. The average molecular weight is 212 g/mol. The fourth-order valence-corrected chi connectivity index (χ4v) is 1.16. The first kappa shape index (κ1) is 10.8. The maximum absolute atomic E-state index is 10.8. The third-order valence-electron chi connectivity index (χ3n) is 1.61. The van der Waals surface area contributed by atoms with E-state index >= 15 is 0 Å². The maximum Gasteiger partial charge on any atom is 0.239 e. The second kappa shape index (κ2) is 4.80. The number of nitrogens with two attached hydrogens (primary N) is 1. The number of rotatable bonds is 4. The van der Waals surface area contributed by atoms with Gasteiger partial charge >= 0.3 is 0 Å². The van der Waals surface area contributed by atoms with E-state index in [0.717, 1.165) is 5.03 Å². The highest BCUT2D eigenvalue weighted by molar-refractivity contribution is 7.98. The van der Waals surface area contributed by atoms with Crippen LogP contribution in [0.25, 0.3) is 0 Å². The van der Waals surface area contributed by atoms with Crippen LogP contribution in [0.5, 0.6) is 0 Å². The minimum absolute atomic E-state index is 0.420. The van der Waals surface area contributed by atoms with Gasteiger partial charge in [-0.25, -0.2) is 9.97 Å². The standard InChI is InChI=1S/C8H12N4OS/c1-5(7(9)13)11-8-10-4-3-6(12-8)14-2/h3-5H,1-2H3,(H2,9,13)(H,10,11,12). The molecule has 0 saturated carbocycles. The van der Waals surface area contributed by atoms with E-state index in [0.29, 0.717) is 5.95 Å². The van der Waals surface area contributed by atoms with Crippen molar-refractivity contribution in [2.24, 2.45) is 5.73 Å². The van der Waals surface area contributed by atoms with Crippen LogP contribution in [0.3, 0.4) is 0 Å². The van der Waals surface area contributed by atoms with E-state index in [9.17, 15) is 4.79 Å². The van der Waals surface area contributed by atoms with Crippen LogP contribution >= 0.6 is 11.8 Å². The van der Waals surface area contributed by atoms with Crippen molar-refractivity contribution < 1.29 is 4.79 Å². The molecule has 14 heavy (non-hydrogen) atoms. The highest BCUT2D eigenvalue weighted by atomic mass is 32.2. The summed E-state index contributed by atoms with van der Waals surface area (Å²) in [5, 5.41) is 3.65. The summed E-state index contributed by atoms with van der Waals surface area (Å²) < 4.78 is 0. The molecular weight excluding hydrogens is 200 g/mol. The molecule has 1 unspecified atom stereocenters. The third-order valence-corrected chi connectivity index (χ3v) is 2.26. The molecule has 1 aromatic rings. The molecule has 3 N–H and O–H groups in total. The van der Waals surface area contributed by atoms with Gasteiger partial charge in [-0.3, -0.25) is 4.79 Å². The van der Waals surface area contributed by atoms with E-state index in [-0.39, 0.29) is 0 Å². The minimum Gasteiger partial charge on any atom is -0.368 e. The summed E-state index contributed by atoms with van der Waals surface area (Å²) in [6.07, 6.45) is 3.55. The monoisotopic (exact) mass is 212 g/mol. The Balaban J connectivity index is 2.71. The first-order chi connectivity index (χ1) is 6.63. The van der Waals surface area contributed by atoms with Crippen molar-refractivity contribution in [3.05, 3.63) is 12.3 Å². The number of hydrogen-bond donors (Lipinski definition) is 2. The Morgan fingerprint density at radius 1 is 1.71 bits per heavy atom. The van der Waals surface area contributed by atoms with Crippen molar-refractivity contribution in [1.29, 1.82) is 0 Å². The summed E-state index contributed by atoms with van der Waals surface area (Å²) in [5.41, 5.74) is 5.09. The molecule has 0 aromatic carbocycles. The van der Waals surface area contributed by atoms with Crippen molar-refractivity contribution in [2.75, 3.05) is 11.6 Å². The zero-order chi connectivity index (χ0) is 10.6. The van der Waals surface area contributed by atoms with Gasteiger partial charge in [-0.2, -0.15) is 0 Å². The van der Waals surface area contributed by atoms with E-state index in [1.807, 2.05) is 6.26 Å². The van der Waals surface area contributed by atoms with Crippen LogP contribution in [0.2, 0.25) is 0 Å². The Bertz CT molecular complexity index is 331. The molecule has 1 aromatic heterocycles. The van der Waals surface area contributed by atoms with E-state index in [1.165, 1.54) is 11.8 Å². The normalized spacial score (nSPS) is 12.1. The van der Waals surface area contributed by atoms with Gasteiger partial charge in [0.1, 0.15) is 11.1 Å². The second-order valence-corrected chi connectivity index (χ2v) is 3.52. The van der Waals surface area contributed by atoms with Crippen molar-refractivity contribution in [3.63, 3.8) is 0 Å². The summed E-state index contributed by atoms with van der Waals surface area (Å²) in [7, 11) is 0. The molecule has 0 radical (unpaired) electrons. The number of nitrogens with zero attached hydrogens (tertiary/aromatic N) is 2. The van der Waals surface area contributed by atoms with E-state index < -0.39 is 11.9 Å². The lowest BCUT2D eigenvalue weighted by molar-refractivity contribution is -0.118. The van der Waals surface area contributed by atoms with Gasteiger partial charge in [-0.15, -0.1) is 11.8 Å². The predicted octanol–water partition coefficient (Wildman–Crippen LogP) is 0.484. The van der Waals surface area contributed by atoms with E-state index in [4.69, 9.17) is 5.73 Å². The van der Waals surface area contributed by atoms with Crippen LogP contribution in [0.4, 0.5) is 5.95 Å². The molecule has 1 atom stereocenters. The van der Waals surface area contributed by atoms with Gasteiger partial charge in [0, 0.05) is 6.20 Å². The lowest BCUT2D eigenvalue weighted by Crippen LogP contribution is -2.33. The highest BCUT2D eigenvalue weighted by Crippen LogP contribution is 2.11. The van der Waals surface area contributed by atoms with Crippen LogP contribution in [-0.2, 0) is 4.79 Å². The fourth-order valence-electron chi connectivity index (χ4n) is 0.790. The fraction of sp³-hybridized carbons (Fsp3) is 0.375. The van der Waals surface area contributed by atoms with Crippen LogP contribution in [0.1, 0.15) is 6.92 Å². The number of thioether (sulfide) groups is 1. The van der Waals surface area contributed by atoms with Crippen molar-refractivity contribution in [3.8, 4) is 0 Å². The SMILES string of the molecule is CSc1ccnc(NC(C)C(N)=O)n1. The smallest absolute Gasteiger partial charge is 0.239 e. The first-order valence-electron chi connectivity index (χ1n) is 4.06. The van der Waals surface area contributed by atoms with Crippen molar-refractivity contribution in [2.45, 2.75) is 18.0 Å². The van der Waals surface area contributed by atoms with Crippen LogP contribution < -0.4 is 11.1 Å². The van der Waals surface area contributed by atoms with Gasteiger partial charge in [-0.1, -0.05) is 0 Å². The van der Waals surface area contributed by atoms with Crippen LogP contribution in [-0.4, -0.2) is 28.2 Å². The van der Waals surface area contributed by atoms with Crippen molar-refractivity contribution >= 4 is 23.6 Å². The van der Waals surface area contributed by atoms with Gasteiger partial charge < -0.3 is 11.1 Å². The Morgan fingerprint density at radius 2 is 2.43 bits per heavy atom. The second-order valence-electron chi connectivity index (χ2n) is 2.69. The van der Waals surface area contributed by atoms with Crippen LogP contribution in [0.15, 0.2) is 17.3 Å². The molecule has 0 aliphatic carbocycles. The molecule has 76 valence electrons. The quantitative estimate of drug-likeness (QED) is 0.560.